The van der Waals surface area contributed by atoms with Gasteiger partial charge >= 0.3 is 0 Å². The van der Waals surface area contributed by atoms with Crippen LogP contribution < -0.4 is 16.6 Å². The van der Waals surface area contributed by atoms with Gasteiger partial charge in [-0.2, -0.15) is 0 Å². The predicted octanol–water partition coefficient (Wildman–Crippen LogP) is 3.21. The molecule has 1 aliphatic carbocycles. The predicted molar refractivity (Wildman–Crippen MR) is 81.4 cm³/mol. The molecule has 0 saturated heterocycles. The molecule has 0 amide bonds. The fourth-order valence-corrected chi connectivity index (χ4v) is 2.49. The molecule has 104 valence electrons. The van der Waals surface area contributed by atoms with Crippen molar-refractivity contribution >= 4 is 23.2 Å². The summed E-state index contributed by atoms with van der Waals surface area (Å²) in [6.07, 6.45) is 6.10. The van der Waals surface area contributed by atoms with Gasteiger partial charge in [0.1, 0.15) is 0 Å². The van der Waals surface area contributed by atoms with E-state index >= 15 is 0 Å². The van der Waals surface area contributed by atoms with Gasteiger partial charge in [-0.15, -0.1) is 0 Å². The Kier molecular flexibility index (Phi) is 5.05. The monoisotopic (exact) mass is 280 g/mol. The molecule has 1 fully saturated rings. The van der Waals surface area contributed by atoms with Gasteiger partial charge in [0.05, 0.1) is 6.04 Å². The third-order valence-electron chi connectivity index (χ3n) is 3.46. The first-order chi connectivity index (χ1) is 9.19. The number of nitrogens with zero attached hydrogens (tertiary/aromatic N) is 1. The minimum absolute atomic E-state index is 0.369. The molecule has 5 heteroatoms. The van der Waals surface area contributed by atoms with E-state index in [2.05, 4.69) is 15.7 Å². The maximum atomic E-state index is 6.10. The standard InChI is InChI=1S/C14H21ClN4/c1-10-7-8-12(9-13(10)15)18-14(19-16)17-11-5-3-2-4-6-11/h7-9,11H,2-6,16H2,1H3,(H2,17,18,19). The summed E-state index contributed by atoms with van der Waals surface area (Å²) in [5.74, 6) is 6.13. The average Bonchev–Trinajstić information content (AvgIpc) is 2.43. The lowest BCUT2D eigenvalue weighted by molar-refractivity contribution is 0.442. The third-order valence-corrected chi connectivity index (χ3v) is 3.86. The van der Waals surface area contributed by atoms with Crippen molar-refractivity contribution in [3.63, 3.8) is 0 Å². The average molecular weight is 281 g/mol. The van der Waals surface area contributed by atoms with Gasteiger partial charge in [-0.3, -0.25) is 5.43 Å². The van der Waals surface area contributed by atoms with E-state index in [0.29, 0.717) is 12.0 Å². The summed E-state index contributed by atoms with van der Waals surface area (Å²) < 4.78 is 0. The highest BCUT2D eigenvalue weighted by atomic mass is 35.5. The molecule has 0 aliphatic heterocycles. The van der Waals surface area contributed by atoms with E-state index in [1.54, 1.807) is 0 Å². The maximum absolute atomic E-state index is 6.10. The number of halogens is 1. The summed E-state index contributed by atoms with van der Waals surface area (Å²) >= 11 is 6.10. The Bertz CT molecular complexity index is 453. The van der Waals surface area contributed by atoms with Crippen LogP contribution in [0, 0.1) is 6.92 Å². The molecule has 0 radical (unpaired) electrons. The van der Waals surface area contributed by atoms with Crippen LogP contribution in [0.3, 0.4) is 0 Å². The van der Waals surface area contributed by atoms with Crippen LogP contribution in [0.1, 0.15) is 37.7 Å². The number of aryl methyl sites for hydroxylation is 1. The van der Waals surface area contributed by atoms with Crippen molar-refractivity contribution in [2.45, 2.75) is 45.1 Å². The Labute approximate surface area is 119 Å². The number of nitrogens with two attached hydrogens (primary N) is 1. The topological polar surface area (TPSA) is 62.4 Å². The van der Waals surface area contributed by atoms with Gasteiger partial charge in [0.2, 0.25) is 5.96 Å². The molecule has 19 heavy (non-hydrogen) atoms. The van der Waals surface area contributed by atoms with Crippen molar-refractivity contribution in [3.05, 3.63) is 28.8 Å². The summed E-state index contributed by atoms with van der Waals surface area (Å²) in [6, 6.07) is 6.19. The van der Waals surface area contributed by atoms with Gasteiger partial charge in [-0.05, 0) is 37.5 Å². The zero-order valence-electron chi connectivity index (χ0n) is 11.2. The molecular weight excluding hydrogens is 260 g/mol. The van der Waals surface area contributed by atoms with Crippen molar-refractivity contribution in [1.29, 1.82) is 0 Å². The lowest BCUT2D eigenvalue weighted by Gasteiger charge is -2.19. The lowest BCUT2D eigenvalue weighted by Crippen LogP contribution is -2.37. The van der Waals surface area contributed by atoms with E-state index in [-0.39, 0.29) is 0 Å². The normalized spacial score (nSPS) is 17.3. The molecular formula is C14H21ClN4. The van der Waals surface area contributed by atoms with Crippen LogP contribution in [0.4, 0.5) is 5.69 Å². The molecule has 4 N–H and O–H groups in total. The van der Waals surface area contributed by atoms with E-state index in [1.807, 2.05) is 25.1 Å². The van der Waals surface area contributed by atoms with Gasteiger partial charge in [-0.25, -0.2) is 10.8 Å². The first-order valence-electron chi connectivity index (χ1n) is 6.76. The number of benzene rings is 1. The number of aliphatic imine (C=N–C) groups is 1. The molecule has 4 nitrogen and oxygen atoms in total. The van der Waals surface area contributed by atoms with Crippen molar-refractivity contribution < 1.29 is 0 Å². The highest BCUT2D eigenvalue weighted by molar-refractivity contribution is 6.31. The Morgan fingerprint density at radius 2 is 2.05 bits per heavy atom. The van der Waals surface area contributed by atoms with Crippen LogP contribution in [0.2, 0.25) is 5.02 Å². The second-order valence-electron chi connectivity index (χ2n) is 5.00. The van der Waals surface area contributed by atoms with Crippen molar-refractivity contribution in [3.8, 4) is 0 Å². The highest BCUT2D eigenvalue weighted by Crippen LogP contribution is 2.22. The number of hydrazine groups is 1. The fraction of sp³-hybridized carbons (Fsp3) is 0.500. The summed E-state index contributed by atoms with van der Waals surface area (Å²) in [7, 11) is 0. The quantitative estimate of drug-likeness (QED) is 0.337. The first kappa shape index (κ1) is 14.2. The largest absolute Gasteiger partial charge is 0.325 e. The summed E-state index contributed by atoms with van der Waals surface area (Å²) in [5, 5.41) is 3.91. The van der Waals surface area contributed by atoms with Gasteiger partial charge in [0.15, 0.2) is 0 Å². The Hall–Kier alpha value is -1.26. The Morgan fingerprint density at radius 3 is 2.68 bits per heavy atom. The van der Waals surface area contributed by atoms with Crippen LogP contribution in [0.15, 0.2) is 23.2 Å². The molecule has 0 atom stereocenters. The molecule has 0 heterocycles. The summed E-state index contributed by atoms with van der Waals surface area (Å²) in [5.41, 5.74) is 4.57. The van der Waals surface area contributed by atoms with E-state index < -0.39 is 0 Å². The zero-order valence-corrected chi connectivity index (χ0v) is 12.0. The van der Waals surface area contributed by atoms with Crippen LogP contribution in [0.5, 0.6) is 0 Å². The van der Waals surface area contributed by atoms with Gasteiger partial charge in [0.25, 0.3) is 0 Å². The number of nitrogens with one attached hydrogen (secondary N) is 2. The lowest BCUT2D eigenvalue weighted by atomic mass is 9.96. The van der Waals surface area contributed by atoms with E-state index in [1.165, 1.54) is 19.3 Å². The second-order valence-corrected chi connectivity index (χ2v) is 5.41. The number of rotatable bonds is 2. The minimum Gasteiger partial charge on any atom is -0.325 e. The zero-order chi connectivity index (χ0) is 13.7. The second kappa shape index (κ2) is 6.78. The maximum Gasteiger partial charge on any atom is 0.210 e. The minimum atomic E-state index is 0.369. The number of anilines is 1. The first-order valence-corrected chi connectivity index (χ1v) is 7.14. The Morgan fingerprint density at radius 1 is 1.32 bits per heavy atom. The van der Waals surface area contributed by atoms with E-state index in [0.717, 1.165) is 29.1 Å². The van der Waals surface area contributed by atoms with Crippen molar-refractivity contribution in [2.75, 3.05) is 5.32 Å². The molecule has 0 unspecified atom stereocenters. The SMILES string of the molecule is Cc1ccc(NC(=NC2CCCCC2)NN)cc1Cl. The molecule has 0 aromatic heterocycles. The Balaban J connectivity index is 2.05. The molecule has 2 rings (SSSR count). The fourth-order valence-electron chi connectivity index (χ4n) is 2.31. The number of hydrogen-bond acceptors (Lipinski definition) is 2. The smallest absolute Gasteiger partial charge is 0.210 e. The number of hydrogen-bond donors (Lipinski definition) is 3. The molecule has 0 bridgehead atoms. The van der Waals surface area contributed by atoms with Crippen LogP contribution in [-0.2, 0) is 0 Å². The van der Waals surface area contributed by atoms with Crippen molar-refractivity contribution in [2.24, 2.45) is 10.8 Å². The molecule has 1 aliphatic rings. The van der Waals surface area contributed by atoms with E-state index in [4.69, 9.17) is 17.4 Å². The highest BCUT2D eigenvalue weighted by Gasteiger charge is 2.13. The van der Waals surface area contributed by atoms with Gasteiger partial charge < -0.3 is 5.32 Å². The van der Waals surface area contributed by atoms with Crippen LogP contribution in [-0.4, -0.2) is 12.0 Å². The van der Waals surface area contributed by atoms with Crippen molar-refractivity contribution in [1.82, 2.24) is 5.43 Å². The number of guanidine groups is 1. The third kappa shape index (κ3) is 4.11. The molecule has 0 spiro atoms. The van der Waals surface area contributed by atoms with Crippen LogP contribution >= 0.6 is 11.6 Å². The molecule has 1 aromatic rings. The summed E-state index contributed by atoms with van der Waals surface area (Å²) in [4.78, 5) is 4.63. The van der Waals surface area contributed by atoms with Gasteiger partial charge in [0, 0.05) is 10.7 Å². The van der Waals surface area contributed by atoms with Crippen LogP contribution in [0.25, 0.3) is 0 Å². The van der Waals surface area contributed by atoms with E-state index in [9.17, 15) is 0 Å². The summed E-state index contributed by atoms with van der Waals surface area (Å²) in [6.45, 7) is 1.98. The molecule has 1 saturated carbocycles. The molecule has 1 aromatic carbocycles. The van der Waals surface area contributed by atoms with Gasteiger partial charge in [-0.1, -0.05) is 36.9 Å².